The van der Waals surface area contributed by atoms with Crippen LogP contribution in [0.1, 0.15) is 22.3 Å². The summed E-state index contributed by atoms with van der Waals surface area (Å²) in [4.78, 5) is 2.58. The van der Waals surface area contributed by atoms with Crippen molar-refractivity contribution in [3.8, 4) is 44.5 Å². The fourth-order valence-electron chi connectivity index (χ4n) is 11.7. The van der Waals surface area contributed by atoms with Gasteiger partial charge in [-0.3, -0.25) is 0 Å². The van der Waals surface area contributed by atoms with Crippen LogP contribution < -0.4 is 4.90 Å². The average Bonchev–Trinajstić information content (AvgIpc) is 4.01. The molecule has 2 aliphatic carbocycles. The highest BCUT2D eigenvalue weighted by molar-refractivity contribution is 7.26. The average molecular weight is 842 g/mol. The summed E-state index contributed by atoms with van der Waals surface area (Å²) in [6.45, 7) is 0. The van der Waals surface area contributed by atoms with E-state index in [9.17, 15) is 0 Å². The third-order valence-electron chi connectivity index (χ3n) is 14.3. The second-order valence-electron chi connectivity index (χ2n) is 17.5. The maximum absolute atomic E-state index is 2.58. The Balaban J connectivity index is 1.14. The zero-order valence-electron chi connectivity index (χ0n) is 35.4. The molecule has 0 saturated heterocycles. The SMILES string of the molecule is c1ccc(-c2ccccc2N(c2ccc3c(c2)C2(c4ccccc4-c4ccccc42)c2ccccc2-3)c2ccc3sc4ccccc4c3c2-c2cc3ccccc3c3ccccc23)cc1. The smallest absolute Gasteiger partial charge is 0.0726 e. The predicted molar refractivity (Wildman–Crippen MR) is 276 cm³/mol. The normalized spacial score (nSPS) is 13.0. The molecule has 14 rings (SSSR count). The molecule has 1 heterocycles. The Morgan fingerprint density at radius 1 is 0.323 bits per heavy atom. The van der Waals surface area contributed by atoms with E-state index in [0.717, 1.165) is 17.1 Å². The molecule has 2 aliphatic rings. The van der Waals surface area contributed by atoms with Gasteiger partial charge in [0.1, 0.15) is 0 Å². The van der Waals surface area contributed by atoms with Crippen molar-refractivity contribution in [2.45, 2.75) is 5.41 Å². The van der Waals surface area contributed by atoms with Crippen LogP contribution in [0.4, 0.5) is 17.1 Å². The Labute approximate surface area is 381 Å². The van der Waals surface area contributed by atoms with Crippen LogP contribution in [-0.4, -0.2) is 0 Å². The molecule has 0 N–H and O–H groups in total. The van der Waals surface area contributed by atoms with E-state index in [-0.39, 0.29) is 0 Å². The quantitative estimate of drug-likeness (QED) is 0.156. The number of benzene rings is 11. The molecule has 0 radical (unpaired) electrons. The third kappa shape index (κ3) is 5.09. The Morgan fingerprint density at radius 3 is 1.60 bits per heavy atom. The van der Waals surface area contributed by atoms with Crippen LogP contribution in [0.5, 0.6) is 0 Å². The molecule has 11 aromatic carbocycles. The summed E-state index contributed by atoms with van der Waals surface area (Å²) in [6, 6.07) is 88.6. The van der Waals surface area contributed by atoms with Crippen molar-refractivity contribution in [2.75, 3.05) is 4.90 Å². The number of hydrogen-bond donors (Lipinski definition) is 0. The van der Waals surface area contributed by atoms with Crippen LogP contribution in [0.2, 0.25) is 0 Å². The number of thiophene rings is 1. The molecule has 0 bridgehead atoms. The summed E-state index contributed by atoms with van der Waals surface area (Å²) in [5, 5.41) is 7.57. The molecular formula is C63H39NS. The van der Waals surface area contributed by atoms with E-state index in [1.165, 1.54) is 108 Å². The standard InChI is InChI=1S/C63H39NS/c1-2-18-40(19-3-1)44-22-11-16-32-57(44)64(42-34-35-50-49-27-10-15-31-55(49)63(56(50)39-42)53-29-13-8-25-47(53)48-26-9-14-30-54(48)63)58-36-37-60-62(51-28-12-17-33-59(51)65-60)61(58)52-38-41-20-4-5-21-43(41)45-23-6-7-24-46(45)52/h1-39H. The van der Waals surface area contributed by atoms with Gasteiger partial charge in [-0.1, -0.05) is 194 Å². The van der Waals surface area contributed by atoms with Gasteiger partial charge in [0.15, 0.2) is 0 Å². The second kappa shape index (κ2) is 14.0. The van der Waals surface area contributed by atoms with Gasteiger partial charge in [-0.2, -0.15) is 0 Å². The first-order valence-corrected chi connectivity index (χ1v) is 23.3. The first-order chi connectivity index (χ1) is 32.3. The van der Waals surface area contributed by atoms with Gasteiger partial charge < -0.3 is 4.90 Å². The number of hydrogen-bond acceptors (Lipinski definition) is 2. The molecule has 0 saturated carbocycles. The second-order valence-corrected chi connectivity index (χ2v) is 18.5. The lowest BCUT2D eigenvalue weighted by atomic mass is 9.70. The highest BCUT2D eigenvalue weighted by atomic mass is 32.1. The number of fused-ring (bicyclic) bond motifs is 16. The van der Waals surface area contributed by atoms with Crippen LogP contribution in [0.25, 0.3) is 86.2 Å². The van der Waals surface area contributed by atoms with Gasteiger partial charge in [-0.15, -0.1) is 11.3 Å². The van der Waals surface area contributed by atoms with Crippen LogP contribution in [-0.2, 0) is 5.41 Å². The molecule has 12 aromatic rings. The van der Waals surface area contributed by atoms with Crippen molar-refractivity contribution in [3.05, 3.63) is 259 Å². The van der Waals surface area contributed by atoms with Gasteiger partial charge in [-0.25, -0.2) is 0 Å². The fourth-order valence-corrected chi connectivity index (χ4v) is 12.8. The minimum absolute atomic E-state index is 0.482. The van der Waals surface area contributed by atoms with Gasteiger partial charge in [-0.05, 0) is 120 Å². The van der Waals surface area contributed by atoms with Crippen molar-refractivity contribution in [2.24, 2.45) is 0 Å². The first-order valence-electron chi connectivity index (χ1n) is 22.5. The van der Waals surface area contributed by atoms with Crippen LogP contribution in [0.3, 0.4) is 0 Å². The van der Waals surface area contributed by atoms with Crippen molar-refractivity contribution < 1.29 is 0 Å². The molecule has 1 nitrogen and oxygen atoms in total. The van der Waals surface area contributed by atoms with Crippen molar-refractivity contribution >= 4 is 70.1 Å². The number of anilines is 3. The maximum Gasteiger partial charge on any atom is 0.0726 e. The molecule has 2 heteroatoms. The van der Waals surface area contributed by atoms with Crippen molar-refractivity contribution in [1.82, 2.24) is 0 Å². The van der Waals surface area contributed by atoms with E-state index < -0.39 is 5.41 Å². The summed E-state index contributed by atoms with van der Waals surface area (Å²) in [6.07, 6.45) is 0. The molecule has 1 spiro atoms. The summed E-state index contributed by atoms with van der Waals surface area (Å²) in [5.74, 6) is 0. The van der Waals surface area contributed by atoms with E-state index in [1.807, 2.05) is 11.3 Å². The lowest BCUT2D eigenvalue weighted by Crippen LogP contribution is -2.26. The Hall–Kier alpha value is -8.04. The Kier molecular flexibility index (Phi) is 7.84. The van der Waals surface area contributed by atoms with Crippen LogP contribution in [0, 0.1) is 0 Å². The van der Waals surface area contributed by atoms with E-state index in [4.69, 9.17) is 0 Å². The van der Waals surface area contributed by atoms with E-state index in [0.29, 0.717) is 0 Å². The van der Waals surface area contributed by atoms with Gasteiger partial charge in [0.2, 0.25) is 0 Å². The zero-order chi connectivity index (χ0) is 42.6. The summed E-state index contributed by atoms with van der Waals surface area (Å²) in [7, 11) is 0. The zero-order valence-corrected chi connectivity index (χ0v) is 36.2. The predicted octanol–water partition coefficient (Wildman–Crippen LogP) is 17.5. The highest BCUT2D eigenvalue weighted by Crippen LogP contribution is 2.64. The molecule has 0 amide bonds. The Bertz CT molecular complexity index is 3850. The van der Waals surface area contributed by atoms with Crippen molar-refractivity contribution in [1.29, 1.82) is 0 Å². The number of para-hydroxylation sites is 1. The summed E-state index contributed by atoms with van der Waals surface area (Å²) in [5.41, 5.74) is 18.3. The van der Waals surface area contributed by atoms with Crippen molar-refractivity contribution in [3.63, 3.8) is 0 Å². The molecule has 65 heavy (non-hydrogen) atoms. The topological polar surface area (TPSA) is 3.24 Å². The number of nitrogens with zero attached hydrogens (tertiary/aromatic N) is 1. The highest BCUT2D eigenvalue weighted by Gasteiger charge is 2.51. The summed E-state index contributed by atoms with van der Waals surface area (Å²) < 4.78 is 2.57. The van der Waals surface area contributed by atoms with Crippen LogP contribution >= 0.6 is 11.3 Å². The van der Waals surface area contributed by atoms with E-state index in [1.54, 1.807) is 0 Å². The van der Waals surface area contributed by atoms with Crippen LogP contribution in [0.15, 0.2) is 237 Å². The molecule has 0 atom stereocenters. The van der Waals surface area contributed by atoms with E-state index in [2.05, 4.69) is 241 Å². The first kappa shape index (κ1) is 36.4. The molecule has 1 aromatic heterocycles. The Morgan fingerprint density at radius 2 is 0.877 bits per heavy atom. The fraction of sp³-hybridized carbons (Fsp3) is 0.0159. The lowest BCUT2D eigenvalue weighted by molar-refractivity contribution is 0.793. The largest absolute Gasteiger partial charge is 0.309 e. The number of rotatable bonds is 5. The molecule has 302 valence electrons. The lowest BCUT2D eigenvalue weighted by Gasteiger charge is -2.33. The van der Waals surface area contributed by atoms with E-state index >= 15 is 0 Å². The minimum atomic E-state index is -0.482. The van der Waals surface area contributed by atoms with Gasteiger partial charge in [0, 0.05) is 37.0 Å². The molecule has 0 unspecified atom stereocenters. The molecule has 0 aliphatic heterocycles. The van der Waals surface area contributed by atoms with Gasteiger partial charge in [0.05, 0.1) is 16.8 Å². The van der Waals surface area contributed by atoms with Gasteiger partial charge >= 0.3 is 0 Å². The maximum atomic E-state index is 2.58. The third-order valence-corrected chi connectivity index (χ3v) is 15.4. The van der Waals surface area contributed by atoms with Gasteiger partial charge in [0.25, 0.3) is 0 Å². The minimum Gasteiger partial charge on any atom is -0.309 e. The monoisotopic (exact) mass is 841 g/mol. The molecular weight excluding hydrogens is 803 g/mol. The summed E-state index contributed by atoms with van der Waals surface area (Å²) >= 11 is 1.88. The molecule has 0 fully saturated rings.